The standard InChI is InChI=1S/C23H22N4O/c1-23(2)18-6-4-15(27-9-7-25-8-10-27)12-17(18)21(28)20-16-5-3-14(13-24)11-19(16)26-22(20)23/h3-6,11-12,25-26H,7-10H2,1-2H3. The van der Waals surface area contributed by atoms with Crippen molar-refractivity contribution in [2.24, 2.45) is 0 Å². The van der Waals surface area contributed by atoms with Gasteiger partial charge in [0.15, 0.2) is 5.78 Å². The normalized spacial score (nSPS) is 17.9. The Morgan fingerprint density at radius 3 is 2.64 bits per heavy atom. The van der Waals surface area contributed by atoms with Crippen molar-refractivity contribution in [2.75, 3.05) is 31.1 Å². The molecule has 0 bridgehead atoms. The largest absolute Gasteiger partial charge is 0.369 e. The number of carbonyl (C=O) groups excluding carboxylic acids is 1. The van der Waals surface area contributed by atoms with E-state index < -0.39 is 0 Å². The molecule has 2 heterocycles. The number of ketones is 1. The second-order valence-corrected chi connectivity index (χ2v) is 8.17. The van der Waals surface area contributed by atoms with Crippen LogP contribution in [-0.2, 0) is 5.41 Å². The highest BCUT2D eigenvalue weighted by Gasteiger charge is 2.39. The average molecular weight is 370 g/mol. The molecular formula is C23H22N4O. The summed E-state index contributed by atoms with van der Waals surface area (Å²) in [5.41, 5.74) is 5.76. The number of anilines is 1. The van der Waals surface area contributed by atoms with Gasteiger partial charge in [-0.2, -0.15) is 5.26 Å². The Bertz CT molecular complexity index is 1160. The smallest absolute Gasteiger partial charge is 0.195 e. The van der Waals surface area contributed by atoms with E-state index in [4.69, 9.17) is 0 Å². The summed E-state index contributed by atoms with van der Waals surface area (Å²) in [7, 11) is 0. The summed E-state index contributed by atoms with van der Waals surface area (Å²) < 4.78 is 0. The number of nitriles is 1. The van der Waals surface area contributed by atoms with Gasteiger partial charge in [0.25, 0.3) is 0 Å². The van der Waals surface area contributed by atoms with Gasteiger partial charge in [0, 0.05) is 59.4 Å². The van der Waals surface area contributed by atoms with Gasteiger partial charge in [0.1, 0.15) is 0 Å². The number of hydrogen-bond acceptors (Lipinski definition) is 4. The lowest BCUT2D eigenvalue weighted by atomic mass is 9.71. The van der Waals surface area contributed by atoms with Crippen LogP contribution in [0, 0.1) is 11.3 Å². The van der Waals surface area contributed by atoms with Crippen LogP contribution in [0.1, 0.15) is 46.6 Å². The van der Waals surface area contributed by atoms with Gasteiger partial charge in [0.05, 0.1) is 17.2 Å². The van der Waals surface area contributed by atoms with Gasteiger partial charge in [-0.05, 0) is 29.8 Å². The molecule has 2 N–H and O–H groups in total. The summed E-state index contributed by atoms with van der Waals surface area (Å²) in [6.45, 7) is 8.14. The minimum atomic E-state index is -0.313. The number of nitrogens with one attached hydrogen (secondary N) is 2. The molecule has 5 nitrogen and oxygen atoms in total. The monoisotopic (exact) mass is 370 g/mol. The third-order valence-electron chi connectivity index (χ3n) is 6.18. The molecule has 1 aromatic heterocycles. The van der Waals surface area contributed by atoms with E-state index in [1.165, 1.54) is 0 Å². The van der Waals surface area contributed by atoms with E-state index in [0.717, 1.165) is 65.2 Å². The van der Waals surface area contributed by atoms with Crippen molar-refractivity contribution in [3.8, 4) is 6.07 Å². The fourth-order valence-corrected chi connectivity index (χ4v) is 4.63. The van der Waals surface area contributed by atoms with Crippen LogP contribution in [0.15, 0.2) is 36.4 Å². The van der Waals surface area contributed by atoms with Crippen molar-refractivity contribution >= 4 is 22.4 Å². The Hall–Kier alpha value is -3.10. The highest BCUT2D eigenvalue weighted by Crippen LogP contribution is 2.44. The van der Waals surface area contributed by atoms with Gasteiger partial charge in [-0.15, -0.1) is 0 Å². The molecule has 0 atom stereocenters. The maximum atomic E-state index is 13.5. The Kier molecular flexibility index (Phi) is 3.62. The number of aromatic amines is 1. The van der Waals surface area contributed by atoms with Crippen LogP contribution in [0.5, 0.6) is 0 Å². The molecule has 0 spiro atoms. The Morgan fingerprint density at radius 1 is 1.11 bits per heavy atom. The van der Waals surface area contributed by atoms with Gasteiger partial charge in [-0.1, -0.05) is 26.0 Å². The Morgan fingerprint density at radius 2 is 1.89 bits per heavy atom. The van der Waals surface area contributed by atoms with Crippen LogP contribution in [0.4, 0.5) is 5.69 Å². The topological polar surface area (TPSA) is 71.9 Å². The summed E-state index contributed by atoms with van der Waals surface area (Å²) in [5.74, 6) is 0.0669. The molecular weight excluding hydrogens is 348 g/mol. The molecule has 0 unspecified atom stereocenters. The van der Waals surface area contributed by atoms with E-state index >= 15 is 0 Å². The molecule has 1 saturated heterocycles. The Balaban J connectivity index is 1.69. The van der Waals surface area contributed by atoms with Crippen LogP contribution in [0.2, 0.25) is 0 Å². The first-order valence-electron chi connectivity index (χ1n) is 9.72. The third kappa shape index (κ3) is 2.31. The zero-order valence-corrected chi connectivity index (χ0v) is 16.1. The maximum absolute atomic E-state index is 13.5. The average Bonchev–Trinajstić information content (AvgIpc) is 3.12. The van der Waals surface area contributed by atoms with Gasteiger partial charge in [-0.3, -0.25) is 4.79 Å². The number of hydrogen-bond donors (Lipinski definition) is 2. The van der Waals surface area contributed by atoms with Crippen LogP contribution in [0.3, 0.4) is 0 Å². The van der Waals surface area contributed by atoms with Crippen molar-refractivity contribution in [3.63, 3.8) is 0 Å². The van der Waals surface area contributed by atoms with Crippen LogP contribution < -0.4 is 10.2 Å². The van der Waals surface area contributed by atoms with E-state index in [9.17, 15) is 10.1 Å². The van der Waals surface area contributed by atoms with Gasteiger partial charge in [0.2, 0.25) is 0 Å². The van der Waals surface area contributed by atoms with Gasteiger partial charge < -0.3 is 15.2 Å². The summed E-state index contributed by atoms with van der Waals surface area (Å²) >= 11 is 0. The third-order valence-corrected chi connectivity index (χ3v) is 6.18. The predicted octanol–water partition coefficient (Wildman–Crippen LogP) is 3.32. The highest BCUT2D eigenvalue weighted by molar-refractivity contribution is 6.20. The molecule has 1 aliphatic heterocycles. The van der Waals surface area contributed by atoms with Crippen LogP contribution in [0.25, 0.3) is 10.9 Å². The number of rotatable bonds is 1. The quantitative estimate of drug-likeness (QED) is 0.689. The van der Waals surface area contributed by atoms with E-state index in [2.05, 4.69) is 53.3 Å². The van der Waals surface area contributed by atoms with Crippen LogP contribution in [-0.4, -0.2) is 36.9 Å². The number of nitrogens with zero attached hydrogens (tertiary/aromatic N) is 2. The first-order valence-corrected chi connectivity index (χ1v) is 9.72. The van der Waals surface area contributed by atoms with Gasteiger partial charge >= 0.3 is 0 Å². The molecule has 5 rings (SSSR count). The van der Waals surface area contributed by atoms with E-state index in [1.54, 1.807) is 6.07 Å². The molecule has 2 aromatic carbocycles. The summed E-state index contributed by atoms with van der Waals surface area (Å²) in [6.07, 6.45) is 0. The van der Waals surface area contributed by atoms with Gasteiger partial charge in [-0.25, -0.2) is 0 Å². The molecule has 0 amide bonds. The number of aromatic nitrogens is 1. The van der Waals surface area contributed by atoms with Crippen molar-refractivity contribution in [1.82, 2.24) is 10.3 Å². The number of fused-ring (bicyclic) bond motifs is 4. The summed E-state index contributed by atoms with van der Waals surface area (Å²) in [5, 5.41) is 13.5. The first kappa shape index (κ1) is 17.0. The molecule has 28 heavy (non-hydrogen) atoms. The Labute approximate surface area is 164 Å². The molecule has 0 radical (unpaired) electrons. The maximum Gasteiger partial charge on any atom is 0.195 e. The molecule has 3 aromatic rings. The van der Waals surface area contributed by atoms with E-state index in [-0.39, 0.29) is 11.2 Å². The predicted molar refractivity (Wildman–Crippen MR) is 110 cm³/mol. The SMILES string of the molecule is CC1(C)c2ccc(N3CCNCC3)cc2C(=O)c2c1[nH]c1cc(C#N)ccc21. The second-order valence-electron chi connectivity index (χ2n) is 8.17. The van der Waals surface area contributed by atoms with Crippen molar-refractivity contribution in [1.29, 1.82) is 5.26 Å². The first-order chi connectivity index (χ1) is 13.5. The molecule has 1 fully saturated rings. The highest BCUT2D eigenvalue weighted by atomic mass is 16.1. The lowest BCUT2D eigenvalue weighted by Gasteiger charge is -2.34. The van der Waals surface area contributed by atoms with E-state index in [1.807, 2.05) is 12.1 Å². The minimum absolute atomic E-state index is 0.0669. The lowest BCUT2D eigenvalue weighted by Crippen LogP contribution is -2.43. The zero-order chi connectivity index (χ0) is 19.5. The number of benzene rings is 2. The second kappa shape index (κ2) is 5.95. The minimum Gasteiger partial charge on any atom is -0.369 e. The van der Waals surface area contributed by atoms with E-state index in [0.29, 0.717) is 5.56 Å². The van der Waals surface area contributed by atoms with Crippen molar-refractivity contribution in [3.05, 3.63) is 64.3 Å². The summed E-state index contributed by atoms with van der Waals surface area (Å²) in [4.78, 5) is 19.3. The number of carbonyl (C=O) groups is 1. The van der Waals surface area contributed by atoms with Crippen molar-refractivity contribution in [2.45, 2.75) is 19.3 Å². The fourth-order valence-electron chi connectivity index (χ4n) is 4.63. The molecule has 0 saturated carbocycles. The molecule has 5 heteroatoms. The molecule has 140 valence electrons. The number of H-pyrrole nitrogens is 1. The number of piperazine rings is 1. The zero-order valence-electron chi connectivity index (χ0n) is 16.1. The molecule has 2 aliphatic rings. The summed E-state index contributed by atoms with van der Waals surface area (Å²) in [6, 6.07) is 14.0. The lowest BCUT2D eigenvalue weighted by molar-refractivity contribution is 0.103. The molecule has 1 aliphatic carbocycles. The fraction of sp³-hybridized carbons (Fsp3) is 0.304. The van der Waals surface area contributed by atoms with Crippen LogP contribution >= 0.6 is 0 Å². The van der Waals surface area contributed by atoms with Crippen molar-refractivity contribution < 1.29 is 4.79 Å².